The number of likely N-dealkylation sites (tertiary alicyclic amines) is 1. The molecule has 1 heterocycles. The Bertz CT molecular complexity index is 488. The summed E-state index contributed by atoms with van der Waals surface area (Å²) in [5.74, 6) is 0. The van der Waals surface area contributed by atoms with Crippen LogP contribution in [0.1, 0.15) is 5.56 Å². The van der Waals surface area contributed by atoms with Crippen LogP contribution in [-0.2, 0) is 6.54 Å². The number of benzene rings is 1. The number of aliphatic hydroxyl groups is 4. The van der Waals surface area contributed by atoms with E-state index in [-0.39, 0.29) is 13.2 Å². The van der Waals surface area contributed by atoms with Crippen LogP contribution >= 0.6 is 0 Å². The first-order chi connectivity index (χ1) is 10.2. The van der Waals surface area contributed by atoms with E-state index in [0.29, 0.717) is 6.54 Å². The van der Waals surface area contributed by atoms with Crippen molar-refractivity contribution in [1.29, 1.82) is 0 Å². The standard InChI is InChI=1S/C16H27NO4Si/c1-22(2,3)12-6-4-11(5-7-12)8-17-9-14(19)16(21)15(20)13(17)10-18/h4-7,13-16,18-21H,8-10H2,1-3H3/t13-,14+,15-,16-/m1/s1. The van der Waals surface area contributed by atoms with Crippen LogP contribution in [0.2, 0.25) is 19.6 Å². The van der Waals surface area contributed by atoms with E-state index in [0.717, 1.165) is 5.56 Å². The Balaban J connectivity index is 2.11. The fraction of sp³-hybridized carbons (Fsp3) is 0.625. The first kappa shape index (κ1) is 17.6. The summed E-state index contributed by atoms with van der Waals surface area (Å²) in [4.78, 5) is 1.82. The summed E-state index contributed by atoms with van der Waals surface area (Å²) < 4.78 is 0. The second kappa shape index (κ2) is 6.78. The Hall–Kier alpha value is -0.763. The molecule has 6 heteroatoms. The summed E-state index contributed by atoms with van der Waals surface area (Å²) in [6.45, 7) is 7.39. The van der Waals surface area contributed by atoms with Crippen molar-refractivity contribution in [3.63, 3.8) is 0 Å². The van der Waals surface area contributed by atoms with Crippen LogP contribution in [0.3, 0.4) is 0 Å². The van der Waals surface area contributed by atoms with Crippen LogP contribution < -0.4 is 5.19 Å². The molecule has 1 saturated heterocycles. The van der Waals surface area contributed by atoms with Crippen LogP contribution in [-0.4, -0.2) is 70.9 Å². The van der Waals surface area contributed by atoms with Crippen molar-refractivity contribution in [2.45, 2.75) is 50.5 Å². The van der Waals surface area contributed by atoms with E-state index in [1.165, 1.54) is 5.19 Å². The van der Waals surface area contributed by atoms with Gasteiger partial charge in [-0.05, 0) is 5.56 Å². The van der Waals surface area contributed by atoms with Crippen LogP contribution in [0.4, 0.5) is 0 Å². The molecule has 0 aromatic heterocycles. The van der Waals surface area contributed by atoms with Gasteiger partial charge in [0, 0.05) is 13.1 Å². The third-order valence-corrected chi connectivity index (χ3v) is 6.49. The zero-order chi connectivity index (χ0) is 16.5. The zero-order valence-corrected chi connectivity index (χ0v) is 14.5. The normalized spacial score (nSPS) is 30.5. The molecule has 0 spiro atoms. The molecule has 4 N–H and O–H groups in total. The molecule has 0 aliphatic carbocycles. The van der Waals surface area contributed by atoms with E-state index in [1.54, 1.807) is 0 Å². The van der Waals surface area contributed by atoms with Crippen molar-refractivity contribution in [3.05, 3.63) is 29.8 Å². The molecule has 1 aliphatic heterocycles. The van der Waals surface area contributed by atoms with Gasteiger partial charge >= 0.3 is 0 Å². The Morgan fingerprint density at radius 3 is 2.14 bits per heavy atom. The average Bonchev–Trinajstić information content (AvgIpc) is 2.45. The molecule has 1 aliphatic rings. The van der Waals surface area contributed by atoms with Crippen molar-refractivity contribution < 1.29 is 20.4 Å². The summed E-state index contributed by atoms with van der Waals surface area (Å²) in [5.41, 5.74) is 1.07. The maximum atomic E-state index is 10.0. The van der Waals surface area contributed by atoms with E-state index < -0.39 is 32.4 Å². The highest BCUT2D eigenvalue weighted by Crippen LogP contribution is 2.21. The maximum absolute atomic E-state index is 10.0. The van der Waals surface area contributed by atoms with Gasteiger partial charge in [0.05, 0.1) is 26.8 Å². The third-order valence-electron chi connectivity index (χ3n) is 4.42. The highest BCUT2D eigenvalue weighted by atomic mass is 28.3. The highest BCUT2D eigenvalue weighted by molar-refractivity contribution is 6.88. The van der Waals surface area contributed by atoms with E-state index in [2.05, 4.69) is 43.9 Å². The number of β-amino-alcohol motifs (C(OH)–C–C–N with tert-alkyl or cyclic N) is 1. The molecule has 5 nitrogen and oxygen atoms in total. The molecule has 0 amide bonds. The lowest BCUT2D eigenvalue weighted by atomic mass is 9.94. The second-order valence-corrected chi connectivity index (χ2v) is 12.3. The Morgan fingerprint density at radius 1 is 1.05 bits per heavy atom. The van der Waals surface area contributed by atoms with Gasteiger partial charge < -0.3 is 20.4 Å². The largest absolute Gasteiger partial charge is 0.395 e. The van der Waals surface area contributed by atoms with E-state index >= 15 is 0 Å². The number of hydrogen-bond donors (Lipinski definition) is 4. The van der Waals surface area contributed by atoms with Gasteiger partial charge in [-0.1, -0.05) is 49.1 Å². The van der Waals surface area contributed by atoms with Crippen molar-refractivity contribution >= 4 is 13.3 Å². The molecule has 0 radical (unpaired) electrons. The van der Waals surface area contributed by atoms with Crippen LogP contribution in [0, 0.1) is 0 Å². The molecule has 4 atom stereocenters. The first-order valence-electron chi connectivity index (χ1n) is 7.72. The average molecular weight is 325 g/mol. The van der Waals surface area contributed by atoms with Crippen molar-refractivity contribution in [2.24, 2.45) is 0 Å². The molecule has 0 saturated carbocycles. The lowest BCUT2D eigenvalue weighted by Crippen LogP contribution is -2.62. The SMILES string of the molecule is C[Si](C)(C)c1ccc(CN2C[C@H](O)[C@@H](O)[C@H](O)[C@H]2CO)cc1. The number of rotatable bonds is 4. The van der Waals surface area contributed by atoms with Gasteiger partial charge in [0.2, 0.25) is 0 Å². The minimum Gasteiger partial charge on any atom is -0.395 e. The Kier molecular flexibility index (Phi) is 5.42. The molecule has 1 aromatic carbocycles. The number of piperidine rings is 1. The van der Waals surface area contributed by atoms with Gasteiger partial charge in [-0.15, -0.1) is 0 Å². The fourth-order valence-electron chi connectivity index (χ4n) is 2.90. The summed E-state index contributed by atoms with van der Waals surface area (Å²) in [6, 6.07) is 7.84. The van der Waals surface area contributed by atoms with Gasteiger partial charge in [0.25, 0.3) is 0 Å². The number of aliphatic hydroxyl groups excluding tert-OH is 4. The second-order valence-electron chi connectivity index (χ2n) is 7.17. The predicted octanol–water partition coefficient (Wildman–Crippen LogP) is -0.509. The van der Waals surface area contributed by atoms with Gasteiger partial charge in [-0.3, -0.25) is 4.90 Å². The van der Waals surface area contributed by atoms with Gasteiger partial charge in [0.15, 0.2) is 0 Å². The van der Waals surface area contributed by atoms with Crippen molar-refractivity contribution in [3.8, 4) is 0 Å². The van der Waals surface area contributed by atoms with E-state index in [4.69, 9.17) is 0 Å². The lowest BCUT2D eigenvalue weighted by Gasteiger charge is -2.43. The number of hydrogen-bond acceptors (Lipinski definition) is 5. The van der Waals surface area contributed by atoms with E-state index in [9.17, 15) is 20.4 Å². The van der Waals surface area contributed by atoms with Crippen LogP contribution in [0.15, 0.2) is 24.3 Å². The molecule has 1 aromatic rings. The van der Waals surface area contributed by atoms with Crippen molar-refractivity contribution in [2.75, 3.05) is 13.2 Å². The summed E-state index contributed by atoms with van der Waals surface area (Å²) >= 11 is 0. The molecule has 22 heavy (non-hydrogen) atoms. The molecule has 0 unspecified atom stereocenters. The number of nitrogens with zero attached hydrogens (tertiary/aromatic N) is 1. The predicted molar refractivity (Wildman–Crippen MR) is 88.7 cm³/mol. The van der Waals surface area contributed by atoms with Crippen molar-refractivity contribution in [1.82, 2.24) is 4.90 Å². The maximum Gasteiger partial charge on any atom is 0.109 e. The monoisotopic (exact) mass is 325 g/mol. The van der Waals surface area contributed by atoms with Gasteiger partial charge in [-0.2, -0.15) is 0 Å². The topological polar surface area (TPSA) is 84.2 Å². The van der Waals surface area contributed by atoms with Gasteiger partial charge in [0.1, 0.15) is 12.2 Å². The Morgan fingerprint density at radius 2 is 1.64 bits per heavy atom. The molecule has 1 fully saturated rings. The van der Waals surface area contributed by atoms with Gasteiger partial charge in [-0.25, -0.2) is 0 Å². The minimum absolute atomic E-state index is 0.235. The first-order valence-corrected chi connectivity index (χ1v) is 11.2. The smallest absolute Gasteiger partial charge is 0.109 e. The summed E-state index contributed by atoms with van der Waals surface area (Å²) in [5, 5.41) is 40.4. The Labute approximate surface area is 132 Å². The molecular weight excluding hydrogens is 298 g/mol. The van der Waals surface area contributed by atoms with E-state index in [1.807, 2.05) is 4.90 Å². The van der Waals surface area contributed by atoms with Crippen LogP contribution in [0.25, 0.3) is 0 Å². The fourth-order valence-corrected chi connectivity index (χ4v) is 4.07. The summed E-state index contributed by atoms with van der Waals surface area (Å²) in [7, 11) is -1.33. The molecule has 2 rings (SSSR count). The molecule has 0 bridgehead atoms. The molecular formula is C16H27NO4Si. The zero-order valence-electron chi connectivity index (χ0n) is 13.5. The third kappa shape index (κ3) is 3.76. The molecule has 124 valence electrons. The minimum atomic E-state index is -1.33. The lowest BCUT2D eigenvalue weighted by molar-refractivity contribution is -0.147. The summed E-state index contributed by atoms with van der Waals surface area (Å²) in [6.07, 6.45) is -3.35. The quantitative estimate of drug-likeness (QED) is 0.561. The van der Waals surface area contributed by atoms with Crippen LogP contribution in [0.5, 0.6) is 0 Å². The highest BCUT2D eigenvalue weighted by Gasteiger charge is 2.40.